The highest BCUT2D eigenvalue weighted by molar-refractivity contribution is 7.27. The van der Waals surface area contributed by atoms with E-state index < -0.39 is 0 Å². The number of nitrogens with zero attached hydrogens (tertiary/aromatic N) is 3. The molecule has 0 saturated carbocycles. The Morgan fingerprint density at radius 3 is 2.25 bits per heavy atom. The molecule has 10 aromatic rings. The second-order valence-electron chi connectivity index (χ2n) is 10.6. The van der Waals surface area contributed by atoms with Gasteiger partial charge in [-0.15, -0.1) is 11.3 Å². The van der Waals surface area contributed by atoms with Gasteiger partial charge < -0.3 is 0 Å². The molecule has 0 aliphatic carbocycles. The minimum Gasteiger partial charge on any atom is -0.291 e. The Morgan fingerprint density at radius 1 is 0.550 bits per heavy atom. The topological polar surface area (TPSA) is 30.2 Å². The predicted octanol–water partition coefficient (Wildman–Crippen LogP) is 9.97. The molecule has 0 aliphatic heterocycles. The summed E-state index contributed by atoms with van der Waals surface area (Å²) in [6.07, 6.45) is 0. The van der Waals surface area contributed by atoms with Crippen molar-refractivity contribution >= 4 is 91.7 Å². The number of benzene rings is 6. The lowest BCUT2D eigenvalue weighted by Gasteiger charge is -2.06. The van der Waals surface area contributed by atoms with E-state index in [9.17, 15) is 0 Å². The Balaban J connectivity index is 1.40. The average molecular weight is 526 g/mol. The van der Waals surface area contributed by atoms with Crippen molar-refractivity contribution in [3.63, 3.8) is 0 Å². The molecule has 10 rings (SSSR count). The summed E-state index contributed by atoms with van der Waals surface area (Å²) in [5, 5.41) is 8.86. The number of hydrogen-bond donors (Lipinski definition) is 0. The van der Waals surface area contributed by atoms with Crippen LogP contribution in [-0.4, -0.2) is 14.4 Å². The summed E-state index contributed by atoms with van der Waals surface area (Å²) in [5.41, 5.74) is 8.69. The zero-order valence-corrected chi connectivity index (χ0v) is 22.0. The molecule has 0 N–H and O–H groups in total. The molecule has 0 spiro atoms. The van der Waals surface area contributed by atoms with Gasteiger partial charge in [0.25, 0.3) is 0 Å². The molecule has 184 valence electrons. The van der Waals surface area contributed by atoms with Crippen LogP contribution in [0.5, 0.6) is 0 Å². The molecule has 4 aromatic heterocycles. The van der Waals surface area contributed by atoms with Gasteiger partial charge in [0.1, 0.15) is 5.52 Å². The van der Waals surface area contributed by atoms with Crippen LogP contribution in [0.4, 0.5) is 0 Å². The minimum atomic E-state index is 0.923. The summed E-state index contributed by atoms with van der Waals surface area (Å²) in [7, 11) is 0. The number of fused-ring (bicyclic) bond motifs is 12. The highest BCUT2D eigenvalue weighted by atomic mass is 32.1. The van der Waals surface area contributed by atoms with E-state index in [1.54, 1.807) is 0 Å². The van der Waals surface area contributed by atoms with Crippen LogP contribution in [0.3, 0.4) is 0 Å². The maximum atomic E-state index is 5.16. The number of thiophene rings is 1. The van der Waals surface area contributed by atoms with Gasteiger partial charge in [0.15, 0.2) is 5.65 Å². The van der Waals surface area contributed by atoms with Gasteiger partial charge in [-0.2, -0.15) is 0 Å². The van der Waals surface area contributed by atoms with E-state index in [2.05, 4.69) is 108 Å². The zero-order chi connectivity index (χ0) is 25.9. The van der Waals surface area contributed by atoms with Crippen molar-refractivity contribution in [3.8, 4) is 11.1 Å². The third-order valence-electron chi connectivity index (χ3n) is 8.48. The van der Waals surface area contributed by atoms with Gasteiger partial charge in [-0.1, -0.05) is 84.9 Å². The van der Waals surface area contributed by atoms with Crippen LogP contribution in [0.2, 0.25) is 0 Å². The highest BCUT2D eigenvalue weighted by Gasteiger charge is 2.24. The normalized spacial score (nSPS) is 12.5. The van der Waals surface area contributed by atoms with Gasteiger partial charge in [0.05, 0.1) is 22.1 Å². The van der Waals surface area contributed by atoms with Crippen molar-refractivity contribution in [2.24, 2.45) is 0 Å². The largest absolute Gasteiger partial charge is 0.291 e. The van der Waals surface area contributed by atoms with Crippen molar-refractivity contribution in [2.75, 3.05) is 0 Å². The van der Waals surface area contributed by atoms with Gasteiger partial charge in [0, 0.05) is 36.3 Å². The van der Waals surface area contributed by atoms with Crippen molar-refractivity contribution in [1.82, 2.24) is 14.4 Å². The summed E-state index contributed by atoms with van der Waals surface area (Å²) >= 11 is 1.91. The molecule has 6 aromatic carbocycles. The summed E-state index contributed by atoms with van der Waals surface area (Å²) in [5.74, 6) is 0. The van der Waals surface area contributed by atoms with Gasteiger partial charge in [-0.25, -0.2) is 9.97 Å². The fraction of sp³-hybridized carbons (Fsp3) is 0. The first kappa shape index (κ1) is 20.8. The SMILES string of the molecule is c1ccc2cc(-c3cccc4c3sc3c4cc4c5nc6ccccc6nc5n5c6ccccc6c3c45)ccc2c1. The maximum Gasteiger partial charge on any atom is 0.165 e. The third kappa shape index (κ3) is 2.54. The third-order valence-corrected chi connectivity index (χ3v) is 9.75. The highest BCUT2D eigenvalue weighted by Crippen LogP contribution is 2.48. The number of rotatable bonds is 1. The molecular formula is C36H19N3S. The first-order chi connectivity index (χ1) is 19.8. The monoisotopic (exact) mass is 525 g/mol. The van der Waals surface area contributed by atoms with Crippen LogP contribution in [0.1, 0.15) is 0 Å². The van der Waals surface area contributed by atoms with Crippen molar-refractivity contribution in [3.05, 3.63) is 115 Å². The second-order valence-corrected chi connectivity index (χ2v) is 11.6. The van der Waals surface area contributed by atoms with Crippen LogP contribution < -0.4 is 0 Å². The lowest BCUT2D eigenvalue weighted by Crippen LogP contribution is -1.88. The molecule has 4 heterocycles. The van der Waals surface area contributed by atoms with Crippen LogP contribution in [-0.2, 0) is 0 Å². The van der Waals surface area contributed by atoms with Crippen LogP contribution in [0.15, 0.2) is 115 Å². The summed E-state index contributed by atoms with van der Waals surface area (Å²) in [6.45, 7) is 0. The van der Waals surface area contributed by atoms with E-state index in [0.29, 0.717) is 0 Å². The average Bonchev–Trinajstić information content (AvgIpc) is 3.65. The molecule has 0 fully saturated rings. The number of para-hydroxylation sites is 3. The van der Waals surface area contributed by atoms with Crippen LogP contribution in [0.25, 0.3) is 91.5 Å². The Kier molecular flexibility index (Phi) is 3.81. The molecule has 0 saturated heterocycles. The molecular weight excluding hydrogens is 506 g/mol. The Morgan fingerprint density at radius 2 is 1.32 bits per heavy atom. The fourth-order valence-electron chi connectivity index (χ4n) is 6.72. The van der Waals surface area contributed by atoms with Crippen LogP contribution >= 0.6 is 11.3 Å². The van der Waals surface area contributed by atoms with E-state index in [1.165, 1.54) is 69.3 Å². The summed E-state index contributed by atoms with van der Waals surface area (Å²) in [6, 6.07) is 41.4. The Labute approximate surface area is 231 Å². The van der Waals surface area contributed by atoms with Crippen LogP contribution in [0, 0.1) is 0 Å². The van der Waals surface area contributed by atoms with E-state index in [4.69, 9.17) is 9.97 Å². The van der Waals surface area contributed by atoms with E-state index in [1.807, 2.05) is 23.5 Å². The lowest BCUT2D eigenvalue weighted by molar-refractivity contribution is 1.28. The van der Waals surface area contributed by atoms with Gasteiger partial charge >= 0.3 is 0 Å². The summed E-state index contributed by atoms with van der Waals surface area (Å²) < 4.78 is 4.99. The van der Waals surface area contributed by atoms with Gasteiger partial charge in [-0.3, -0.25) is 4.40 Å². The molecule has 0 radical (unpaired) electrons. The first-order valence-corrected chi connectivity index (χ1v) is 14.3. The zero-order valence-electron chi connectivity index (χ0n) is 21.2. The van der Waals surface area contributed by atoms with E-state index >= 15 is 0 Å². The number of aromatic nitrogens is 3. The van der Waals surface area contributed by atoms with E-state index in [-0.39, 0.29) is 0 Å². The molecule has 0 amide bonds. The van der Waals surface area contributed by atoms with Gasteiger partial charge in [-0.05, 0) is 52.2 Å². The van der Waals surface area contributed by atoms with E-state index in [0.717, 1.165) is 22.2 Å². The fourth-order valence-corrected chi connectivity index (χ4v) is 8.09. The Hall–Kier alpha value is -5.06. The first-order valence-electron chi connectivity index (χ1n) is 13.5. The Bertz CT molecular complexity index is 2660. The smallest absolute Gasteiger partial charge is 0.165 e. The predicted molar refractivity (Wildman–Crippen MR) is 170 cm³/mol. The molecule has 3 nitrogen and oxygen atoms in total. The molecule has 0 bridgehead atoms. The maximum absolute atomic E-state index is 5.16. The molecule has 4 heteroatoms. The van der Waals surface area contributed by atoms with Gasteiger partial charge in [0.2, 0.25) is 0 Å². The molecule has 0 atom stereocenters. The molecule has 0 aliphatic rings. The summed E-state index contributed by atoms with van der Waals surface area (Å²) in [4.78, 5) is 10.3. The van der Waals surface area contributed by atoms with Crippen molar-refractivity contribution in [2.45, 2.75) is 0 Å². The van der Waals surface area contributed by atoms with Crippen molar-refractivity contribution < 1.29 is 0 Å². The lowest BCUT2D eigenvalue weighted by atomic mass is 9.99. The molecule has 0 unspecified atom stereocenters. The van der Waals surface area contributed by atoms with Crippen molar-refractivity contribution in [1.29, 1.82) is 0 Å². The second kappa shape index (κ2) is 7.32. The number of hydrogen-bond acceptors (Lipinski definition) is 3. The molecule has 40 heavy (non-hydrogen) atoms. The minimum absolute atomic E-state index is 0.923. The quantitative estimate of drug-likeness (QED) is 0.213. The standard InChI is InChI=1S/C36H19N3S/c1-2-9-21-18-22(17-16-20(21)8-1)23-11-7-12-24-26-19-27-32-36(38-29-14-5-4-13-28(29)37-32)39-30-15-6-3-10-25(30)31(33(27)39)35(26)40-34(23)24/h1-19H.